The number of ether oxygens (including phenoxy) is 1. The lowest BCUT2D eigenvalue weighted by Crippen LogP contribution is -2.32. The molecule has 0 radical (unpaired) electrons. The molecule has 6 nitrogen and oxygen atoms in total. The Morgan fingerprint density at radius 1 is 1.05 bits per heavy atom. The molecule has 4 rings (SSSR count). The summed E-state index contributed by atoms with van der Waals surface area (Å²) in [5.41, 5.74) is 12.6. The lowest BCUT2D eigenvalue weighted by molar-refractivity contribution is -0.122. The molecule has 2 atom stereocenters. The second-order valence-electron chi connectivity index (χ2n) is 11.3. The summed E-state index contributed by atoms with van der Waals surface area (Å²) in [5.74, 6) is 1.93. The monoisotopic (exact) mass is 535 g/mol. The van der Waals surface area contributed by atoms with Crippen molar-refractivity contribution >= 4 is 22.7 Å². The van der Waals surface area contributed by atoms with E-state index in [1.54, 1.807) is 6.07 Å². The van der Waals surface area contributed by atoms with Crippen molar-refractivity contribution in [1.29, 1.82) is 0 Å². The van der Waals surface area contributed by atoms with Crippen LogP contribution in [0.2, 0.25) is 0 Å². The molecule has 2 amide bonds. The highest BCUT2D eigenvalue weighted by Crippen LogP contribution is 2.29. The van der Waals surface area contributed by atoms with E-state index in [9.17, 15) is 9.59 Å². The Morgan fingerprint density at radius 3 is 2.38 bits per heavy atom. The van der Waals surface area contributed by atoms with Gasteiger partial charge in [-0.15, -0.1) is 6.42 Å². The fourth-order valence-electron chi connectivity index (χ4n) is 4.84. The normalized spacial score (nSPS) is 12.9. The molecule has 4 aromatic rings. The number of hydrogen-bond donors (Lipinski definition) is 2. The fourth-order valence-corrected chi connectivity index (χ4v) is 4.84. The van der Waals surface area contributed by atoms with Gasteiger partial charge in [0.25, 0.3) is 11.8 Å². The van der Waals surface area contributed by atoms with Crippen molar-refractivity contribution in [2.45, 2.75) is 65.6 Å². The average molecular weight is 536 g/mol. The van der Waals surface area contributed by atoms with E-state index in [-0.39, 0.29) is 17.4 Å². The minimum atomic E-state index is -1.12. The Hall–Kier alpha value is -4.50. The number of nitrogens with two attached hydrogens (primary N) is 1. The molecule has 0 saturated heterocycles. The van der Waals surface area contributed by atoms with E-state index in [0.717, 1.165) is 33.3 Å². The number of nitrogens with zero attached hydrogens (tertiary/aromatic N) is 1. The van der Waals surface area contributed by atoms with E-state index in [4.69, 9.17) is 16.9 Å². The third kappa shape index (κ3) is 6.05. The standard InChI is InChI=1S/C34H37N3O3/c1-8-31(32(35)38)40-28-11-9-10-24(18-28)20-37-23(4)21(2)29-19-26(14-17-30(29)37)33(39)36-22(3)25-12-15-27(16-13-25)34(5,6)7/h1,9-19,22,31H,20H2,2-7H3,(H2,35,38)(H,36,39)/t22-,31-/m0/s1. The van der Waals surface area contributed by atoms with Gasteiger partial charge in [0.2, 0.25) is 6.10 Å². The quantitative estimate of drug-likeness (QED) is 0.273. The maximum absolute atomic E-state index is 13.2. The lowest BCUT2D eigenvalue weighted by Gasteiger charge is -2.21. The minimum Gasteiger partial charge on any atom is -0.468 e. The van der Waals surface area contributed by atoms with Gasteiger partial charge in [-0.3, -0.25) is 9.59 Å². The molecule has 0 aliphatic rings. The molecule has 0 unspecified atom stereocenters. The highest BCUT2D eigenvalue weighted by molar-refractivity contribution is 5.99. The third-order valence-corrected chi connectivity index (χ3v) is 7.43. The molecule has 3 N–H and O–H groups in total. The predicted octanol–water partition coefficient (Wildman–Crippen LogP) is 5.96. The minimum absolute atomic E-state index is 0.0827. The van der Waals surface area contributed by atoms with Crippen LogP contribution in [0.5, 0.6) is 5.75 Å². The number of nitrogens with one attached hydrogen (secondary N) is 1. The number of fused-ring (bicyclic) bond motifs is 1. The molecule has 0 fully saturated rings. The van der Waals surface area contributed by atoms with Gasteiger partial charge in [0.15, 0.2) is 0 Å². The van der Waals surface area contributed by atoms with E-state index < -0.39 is 12.0 Å². The maximum atomic E-state index is 13.2. The molecule has 0 spiro atoms. The number of terminal acetylenes is 1. The van der Waals surface area contributed by atoms with Gasteiger partial charge in [-0.2, -0.15) is 0 Å². The third-order valence-electron chi connectivity index (χ3n) is 7.43. The van der Waals surface area contributed by atoms with Crippen molar-refractivity contribution in [2.24, 2.45) is 5.73 Å². The second kappa shape index (κ2) is 11.3. The second-order valence-corrected chi connectivity index (χ2v) is 11.3. The van der Waals surface area contributed by atoms with E-state index in [2.05, 4.69) is 74.7 Å². The van der Waals surface area contributed by atoms with Crippen molar-refractivity contribution in [3.63, 3.8) is 0 Å². The Bertz CT molecular complexity index is 1600. The number of aryl methyl sites for hydroxylation is 1. The molecule has 1 heterocycles. The highest BCUT2D eigenvalue weighted by Gasteiger charge is 2.18. The van der Waals surface area contributed by atoms with Crippen LogP contribution in [0.3, 0.4) is 0 Å². The first-order valence-electron chi connectivity index (χ1n) is 13.4. The Morgan fingerprint density at radius 2 is 1.75 bits per heavy atom. The SMILES string of the molecule is C#C[C@H](Oc1cccc(Cn2c(C)c(C)c3cc(C(=O)N[C@@H](C)c4ccc(C(C)(C)C)cc4)ccc32)c1)C(N)=O. The van der Waals surface area contributed by atoms with Crippen molar-refractivity contribution in [3.8, 4) is 18.1 Å². The van der Waals surface area contributed by atoms with E-state index in [1.165, 1.54) is 5.56 Å². The summed E-state index contributed by atoms with van der Waals surface area (Å²) in [6, 6.07) is 21.6. The lowest BCUT2D eigenvalue weighted by atomic mass is 9.86. The van der Waals surface area contributed by atoms with Crippen molar-refractivity contribution < 1.29 is 14.3 Å². The summed E-state index contributed by atoms with van der Waals surface area (Å²) in [5, 5.41) is 4.17. The summed E-state index contributed by atoms with van der Waals surface area (Å²) in [7, 11) is 0. The van der Waals surface area contributed by atoms with Crippen LogP contribution in [-0.4, -0.2) is 22.5 Å². The topological polar surface area (TPSA) is 86.3 Å². The van der Waals surface area contributed by atoms with E-state index in [1.807, 2.05) is 43.3 Å². The van der Waals surface area contributed by atoms with Crippen LogP contribution < -0.4 is 15.8 Å². The number of carbonyl (C=O) groups is 2. The molecule has 6 heteroatoms. The molecular formula is C34H37N3O3. The number of rotatable bonds is 8. The fraction of sp³-hybridized carbons (Fsp3) is 0.294. The highest BCUT2D eigenvalue weighted by atomic mass is 16.5. The molecular weight excluding hydrogens is 498 g/mol. The summed E-state index contributed by atoms with van der Waals surface area (Å²) < 4.78 is 7.79. The summed E-state index contributed by atoms with van der Waals surface area (Å²) in [6.07, 6.45) is 4.25. The number of primary amides is 1. The van der Waals surface area contributed by atoms with Crippen LogP contribution in [0.15, 0.2) is 66.7 Å². The van der Waals surface area contributed by atoms with Gasteiger partial charge >= 0.3 is 0 Å². The molecule has 3 aromatic carbocycles. The summed E-state index contributed by atoms with van der Waals surface area (Å²) in [4.78, 5) is 24.7. The Kier molecular flexibility index (Phi) is 8.06. The number of carbonyl (C=O) groups excluding carboxylic acids is 2. The molecule has 40 heavy (non-hydrogen) atoms. The van der Waals surface area contributed by atoms with Gasteiger partial charge in [-0.25, -0.2) is 0 Å². The zero-order valence-corrected chi connectivity index (χ0v) is 24.0. The Balaban J connectivity index is 1.54. The van der Waals surface area contributed by atoms with Gasteiger partial charge in [-0.05, 0) is 78.8 Å². The van der Waals surface area contributed by atoms with Crippen LogP contribution in [0.1, 0.15) is 72.0 Å². The molecule has 0 aliphatic carbocycles. The number of amides is 2. The van der Waals surface area contributed by atoms with Crippen molar-refractivity contribution in [1.82, 2.24) is 9.88 Å². The Labute approximate surface area is 236 Å². The first-order chi connectivity index (χ1) is 18.9. The number of aromatic nitrogens is 1. The van der Waals surface area contributed by atoms with E-state index in [0.29, 0.717) is 17.9 Å². The zero-order chi connectivity index (χ0) is 29.2. The van der Waals surface area contributed by atoms with Crippen LogP contribution in [-0.2, 0) is 16.8 Å². The molecule has 0 saturated carbocycles. The van der Waals surface area contributed by atoms with Gasteiger partial charge in [0, 0.05) is 28.7 Å². The van der Waals surface area contributed by atoms with Crippen molar-refractivity contribution in [2.75, 3.05) is 0 Å². The molecule has 206 valence electrons. The first kappa shape index (κ1) is 28.5. The molecule has 0 bridgehead atoms. The molecule has 1 aromatic heterocycles. The van der Waals surface area contributed by atoms with Gasteiger partial charge in [0.05, 0.1) is 6.04 Å². The van der Waals surface area contributed by atoms with Crippen molar-refractivity contribution in [3.05, 3.63) is 100 Å². The van der Waals surface area contributed by atoms with Crippen LogP contribution >= 0.6 is 0 Å². The smallest absolute Gasteiger partial charge is 0.271 e. The maximum Gasteiger partial charge on any atom is 0.271 e. The summed E-state index contributed by atoms with van der Waals surface area (Å²) >= 11 is 0. The van der Waals surface area contributed by atoms with Gasteiger partial charge in [-0.1, -0.05) is 63.1 Å². The van der Waals surface area contributed by atoms with E-state index >= 15 is 0 Å². The largest absolute Gasteiger partial charge is 0.468 e. The predicted molar refractivity (Wildman–Crippen MR) is 160 cm³/mol. The van der Waals surface area contributed by atoms with Crippen LogP contribution in [0.4, 0.5) is 0 Å². The average Bonchev–Trinajstić information content (AvgIpc) is 3.15. The molecule has 0 aliphatic heterocycles. The van der Waals surface area contributed by atoms with Gasteiger partial charge in [0.1, 0.15) is 5.75 Å². The number of hydrogen-bond acceptors (Lipinski definition) is 3. The number of benzene rings is 3. The van der Waals surface area contributed by atoms with Gasteiger partial charge < -0.3 is 20.4 Å². The van der Waals surface area contributed by atoms with Crippen LogP contribution in [0, 0.1) is 26.2 Å². The summed E-state index contributed by atoms with van der Waals surface area (Å²) in [6.45, 7) is 13.3. The zero-order valence-electron chi connectivity index (χ0n) is 24.0. The van der Waals surface area contributed by atoms with Crippen LogP contribution in [0.25, 0.3) is 10.9 Å². The first-order valence-corrected chi connectivity index (χ1v) is 13.4.